The first-order chi connectivity index (χ1) is 8.74. The van der Waals surface area contributed by atoms with Crippen LogP contribution in [0.25, 0.3) is 0 Å². The second-order valence-corrected chi connectivity index (χ2v) is 4.37. The molecule has 0 bridgehead atoms. The first kappa shape index (κ1) is 12.4. The Morgan fingerprint density at radius 1 is 0.889 bits per heavy atom. The predicted molar refractivity (Wildman–Crippen MR) is 71.6 cm³/mol. The summed E-state index contributed by atoms with van der Waals surface area (Å²) in [5.41, 5.74) is 2.14. The second kappa shape index (κ2) is 6.01. The minimum atomic E-state index is 0.226. The van der Waals surface area contributed by atoms with Crippen molar-refractivity contribution in [3.05, 3.63) is 65.7 Å². The van der Waals surface area contributed by atoms with Gasteiger partial charge in [0, 0.05) is 12.8 Å². The number of Topliss-reactive ketones (excluding diaryl/α,β-unsaturated/α-hetero) is 1. The van der Waals surface area contributed by atoms with Crippen molar-refractivity contribution in [3.8, 4) is 5.75 Å². The zero-order valence-electron chi connectivity index (χ0n) is 10.2. The molecular weight excluding hydrogens is 224 g/mol. The van der Waals surface area contributed by atoms with E-state index >= 15 is 0 Å². The summed E-state index contributed by atoms with van der Waals surface area (Å²) < 4.78 is 0. The number of aromatic hydroxyl groups is 1. The van der Waals surface area contributed by atoms with Crippen LogP contribution < -0.4 is 0 Å². The van der Waals surface area contributed by atoms with Crippen molar-refractivity contribution in [3.63, 3.8) is 0 Å². The van der Waals surface area contributed by atoms with Crippen LogP contribution in [0, 0.1) is 0 Å². The van der Waals surface area contributed by atoms with Crippen molar-refractivity contribution in [1.29, 1.82) is 0 Å². The molecule has 0 amide bonds. The molecule has 0 fully saturated rings. The lowest BCUT2D eigenvalue weighted by Crippen LogP contribution is -2.04. The third-order valence-corrected chi connectivity index (χ3v) is 2.87. The number of rotatable bonds is 5. The fraction of sp³-hybridized carbons (Fsp3) is 0.188. The fourth-order valence-corrected chi connectivity index (χ4v) is 1.86. The normalized spacial score (nSPS) is 10.2. The monoisotopic (exact) mass is 240 g/mol. The molecule has 0 aliphatic heterocycles. The van der Waals surface area contributed by atoms with Crippen LogP contribution in [0.4, 0.5) is 0 Å². The first-order valence-corrected chi connectivity index (χ1v) is 6.07. The zero-order chi connectivity index (χ0) is 12.8. The van der Waals surface area contributed by atoms with Gasteiger partial charge in [-0.15, -0.1) is 0 Å². The maximum Gasteiger partial charge on any atom is 0.137 e. The van der Waals surface area contributed by atoms with Crippen LogP contribution in [-0.2, 0) is 17.6 Å². The molecular formula is C16H16O2. The van der Waals surface area contributed by atoms with Gasteiger partial charge in [0.1, 0.15) is 11.5 Å². The summed E-state index contributed by atoms with van der Waals surface area (Å²) in [5.74, 6) is 0.458. The van der Waals surface area contributed by atoms with E-state index in [4.69, 9.17) is 5.11 Å². The summed E-state index contributed by atoms with van der Waals surface area (Å²) >= 11 is 0. The van der Waals surface area contributed by atoms with Crippen LogP contribution in [0.1, 0.15) is 17.5 Å². The quantitative estimate of drug-likeness (QED) is 0.871. The van der Waals surface area contributed by atoms with Gasteiger partial charge in [-0.2, -0.15) is 0 Å². The average Bonchev–Trinajstić information content (AvgIpc) is 2.40. The minimum Gasteiger partial charge on any atom is -0.508 e. The van der Waals surface area contributed by atoms with Gasteiger partial charge in [0.25, 0.3) is 0 Å². The van der Waals surface area contributed by atoms with Crippen LogP contribution >= 0.6 is 0 Å². The maximum atomic E-state index is 11.8. The van der Waals surface area contributed by atoms with E-state index in [0.29, 0.717) is 12.8 Å². The molecule has 2 aromatic carbocycles. The molecule has 0 aromatic heterocycles. The van der Waals surface area contributed by atoms with Gasteiger partial charge in [-0.3, -0.25) is 4.79 Å². The largest absolute Gasteiger partial charge is 0.508 e. The molecule has 0 aliphatic rings. The van der Waals surface area contributed by atoms with Gasteiger partial charge in [0.15, 0.2) is 0 Å². The number of carbonyl (C=O) groups excluding carboxylic acids is 1. The Morgan fingerprint density at radius 3 is 2.22 bits per heavy atom. The van der Waals surface area contributed by atoms with Crippen LogP contribution in [0.2, 0.25) is 0 Å². The van der Waals surface area contributed by atoms with Crippen LogP contribution in [0.5, 0.6) is 5.75 Å². The van der Waals surface area contributed by atoms with Crippen molar-refractivity contribution in [2.24, 2.45) is 0 Å². The number of phenols is 1. The lowest BCUT2D eigenvalue weighted by Gasteiger charge is -2.02. The van der Waals surface area contributed by atoms with E-state index < -0.39 is 0 Å². The van der Waals surface area contributed by atoms with E-state index in [-0.39, 0.29) is 11.5 Å². The third kappa shape index (κ3) is 3.74. The van der Waals surface area contributed by atoms with E-state index in [0.717, 1.165) is 12.0 Å². The molecule has 0 saturated carbocycles. The summed E-state index contributed by atoms with van der Waals surface area (Å²) in [7, 11) is 0. The van der Waals surface area contributed by atoms with Crippen molar-refractivity contribution >= 4 is 5.78 Å². The highest BCUT2D eigenvalue weighted by molar-refractivity contribution is 5.81. The average molecular weight is 240 g/mol. The Kier molecular flexibility index (Phi) is 4.13. The van der Waals surface area contributed by atoms with Crippen LogP contribution in [-0.4, -0.2) is 10.9 Å². The molecule has 92 valence electrons. The van der Waals surface area contributed by atoms with E-state index in [1.807, 2.05) is 30.3 Å². The highest BCUT2D eigenvalue weighted by Crippen LogP contribution is 2.11. The van der Waals surface area contributed by atoms with E-state index in [1.54, 1.807) is 24.3 Å². The van der Waals surface area contributed by atoms with E-state index in [9.17, 15) is 4.79 Å². The Hall–Kier alpha value is -2.09. The lowest BCUT2D eigenvalue weighted by molar-refractivity contribution is -0.118. The van der Waals surface area contributed by atoms with Crippen molar-refractivity contribution < 1.29 is 9.90 Å². The fourth-order valence-electron chi connectivity index (χ4n) is 1.86. The first-order valence-electron chi connectivity index (χ1n) is 6.07. The molecule has 1 N–H and O–H groups in total. The number of ketones is 1. The standard InChI is InChI=1S/C16H16O2/c17-15-9-7-14(8-10-15)12-16(18)11-6-13-4-2-1-3-5-13/h1-5,7-10,17H,6,11-12H2. The number of phenolic OH excluding ortho intramolecular Hbond substituents is 1. The smallest absolute Gasteiger partial charge is 0.137 e. The maximum absolute atomic E-state index is 11.8. The molecule has 2 aromatic rings. The number of aryl methyl sites for hydroxylation is 1. The molecule has 0 heterocycles. The number of hydrogen-bond donors (Lipinski definition) is 1. The predicted octanol–water partition coefficient (Wildman–Crippen LogP) is 3.14. The topological polar surface area (TPSA) is 37.3 Å². The van der Waals surface area contributed by atoms with Crippen LogP contribution in [0.3, 0.4) is 0 Å². The van der Waals surface area contributed by atoms with Gasteiger partial charge in [0.2, 0.25) is 0 Å². The van der Waals surface area contributed by atoms with Gasteiger partial charge in [-0.05, 0) is 29.7 Å². The van der Waals surface area contributed by atoms with Crippen molar-refractivity contribution in [1.82, 2.24) is 0 Å². The summed E-state index contributed by atoms with van der Waals surface area (Å²) in [6, 6.07) is 16.8. The Morgan fingerprint density at radius 2 is 1.56 bits per heavy atom. The lowest BCUT2D eigenvalue weighted by atomic mass is 10.0. The SMILES string of the molecule is O=C(CCc1ccccc1)Cc1ccc(O)cc1. The Labute approximate surface area is 107 Å². The van der Waals surface area contributed by atoms with Gasteiger partial charge in [-0.1, -0.05) is 42.5 Å². The molecule has 2 rings (SSSR count). The molecule has 0 unspecified atom stereocenters. The van der Waals surface area contributed by atoms with Crippen LogP contribution in [0.15, 0.2) is 54.6 Å². The highest BCUT2D eigenvalue weighted by Gasteiger charge is 2.04. The van der Waals surface area contributed by atoms with E-state index in [1.165, 1.54) is 5.56 Å². The Bertz CT molecular complexity index is 500. The van der Waals surface area contributed by atoms with Gasteiger partial charge in [0.05, 0.1) is 0 Å². The molecule has 2 nitrogen and oxygen atoms in total. The van der Waals surface area contributed by atoms with Gasteiger partial charge < -0.3 is 5.11 Å². The Balaban J connectivity index is 1.84. The van der Waals surface area contributed by atoms with Gasteiger partial charge >= 0.3 is 0 Å². The third-order valence-electron chi connectivity index (χ3n) is 2.87. The summed E-state index contributed by atoms with van der Waals surface area (Å²) in [6.07, 6.45) is 1.79. The van der Waals surface area contributed by atoms with Crippen molar-refractivity contribution in [2.45, 2.75) is 19.3 Å². The second-order valence-electron chi connectivity index (χ2n) is 4.37. The molecule has 0 radical (unpaired) electrons. The summed E-state index contributed by atoms with van der Waals surface area (Å²) in [5, 5.41) is 9.16. The number of benzene rings is 2. The number of carbonyl (C=O) groups is 1. The molecule has 2 heteroatoms. The zero-order valence-corrected chi connectivity index (χ0v) is 10.2. The molecule has 0 saturated heterocycles. The number of hydrogen-bond acceptors (Lipinski definition) is 2. The minimum absolute atomic E-state index is 0.226. The molecule has 0 spiro atoms. The molecule has 0 aliphatic carbocycles. The molecule has 0 atom stereocenters. The van der Waals surface area contributed by atoms with E-state index in [2.05, 4.69) is 0 Å². The van der Waals surface area contributed by atoms with Gasteiger partial charge in [-0.25, -0.2) is 0 Å². The summed E-state index contributed by atoms with van der Waals surface area (Å²) in [4.78, 5) is 11.8. The highest BCUT2D eigenvalue weighted by atomic mass is 16.3. The summed E-state index contributed by atoms with van der Waals surface area (Å²) in [6.45, 7) is 0. The van der Waals surface area contributed by atoms with Crippen molar-refractivity contribution in [2.75, 3.05) is 0 Å². The molecule has 18 heavy (non-hydrogen) atoms.